The molecule has 0 aliphatic heterocycles. The van der Waals surface area contributed by atoms with Crippen molar-refractivity contribution >= 4 is 23.9 Å². The third kappa shape index (κ3) is 24.7. The third-order valence-corrected chi connectivity index (χ3v) is 0.804. The van der Waals surface area contributed by atoms with Crippen LogP contribution in [0.3, 0.4) is 0 Å². The predicted octanol–water partition coefficient (Wildman–Crippen LogP) is -3.16. The molecule has 0 amide bonds. The van der Waals surface area contributed by atoms with Crippen molar-refractivity contribution in [2.24, 2.45) is 0 Å². The zero-order chi connectivity index (χ0) is 11.7. The molecule has 0 rings (SSSR count). The van der Waals surface area contributed by atoms with Crippen LogP contribution in [0.5, 0.6) is 0 Å². The average Bonchev–Trinajstić information content (AvgIpc) is 1.98. The van der Waals surface area contributed by atoms with Crippen molar-refractivity contribution in [1.29, 1.82) is 0 Å². The Hall–Kier alpha value is -0.484. The van der Waals surface area contributed by atoms with Crippen LogP contribution in [0.1, 0.15) is 14.3 Å². The fourth-order valence-corrected chi connectivity index (χ4v) is 0.327. The van der Waals surface area contributed by atoms with Gasteiger partial charge in [-0.15, -0.1) is 0 Å². The van der Waals surface area contributed by atoms with E-state index in [1.807, 2.05) is 0 Å². The summed E-state index contributed by atoms with van der Waals surface area (Å²) in [6.07, 6.45) is -2.70. The quantitative estimate of drug-likeness (QED) is 0.301. The summed E-state index contributed by atoms with van der Waals surface area (Å²) in [5.74, 6) is -3.82. The molecule has 15 heavy (non-hydrogen) atoms. The molecular weight excluding hydrogens is 239 g/mol. The first kappa shape index (κ1) is 20.0. The van der Waals surface area contributed by atoms with Gasteiger partial charge in [-0.1, -0.05) is 0 Å². The van der Waals surface area contributed by atoms with Crippen molar-refractivity contribution in [2.45, 2.75) is 12.8 Å². The molecule has 4 N–H and O–H groups in total. The minimum Gasteiger partial charge on any atom is -1.00 e. The first-order valence-corrected chi connectivity index (χ1v) is 3.17. The maximum Gasteiger partial charge on any atom is 1.00 e. The number of ketones is 1. The Bertz CT molecular complexity index is 249. The van der Waals surface area contributed by atoms with E-state index in [2.05, 4.69) is 0 Å². The zero-order valence-corrected chi connectivity index (χ0v) is 11.0. The molecular formula is C6H9KO8. The van der Waals surface area contributed by atoms with Gasteiger partial charge in [-0.25, -0.2) is 9.59 Å². The molecule has 0 atom stereocenters. The molecule has 0 aromatic rings. The van der Waals surface area contributed by atoms with Gasteiger partial charge in [0.2, 0.25) is 5.78 Å². The molecule has 0 aromatic heterocycles. The van der Waals surface area contributed by atoms with Gasteiger partial charge in [-0.3, -0.25) is 9.59 Å². The van der Waals surface area contributed by atoms with Crippen molar-refractivity contribution in [3.8, 4) is 0 Å². The first-order chi connectivity index (χ1) is 6.27. The summed E-state index contributed by atoms with van der Waals surface area (Å²) in [5, 5.41) is 29.9. The fraction of sp³-hybridized carbons (Fsp3) is 0.333. The number of hydrogen-bond acceptors (Lipinski definition) is 4. The van der Waals surface area contributed by atoms with E-state index in [-0.39, 0.29) is 52.8 Å². The van der Waals surface area contributed by atoms with Crippen molar-refractivity contribution in [2.75, 3.05) is 0 Å². The van der Waals surface area contributed by atoms with Crippen LogP contribution in [0, 0.1) is 0 Å². The number of carboxylic acids is 2. The van der Waals surface area contributed by atoms with E-state index in [0.717, 1.165) is 0 Å². The summed E-state index contributed by atoms with van der Waals surface area (Å²) in [6, 6.07) is 0. The van der Waals surface area contributed by atoms with Gasteiger partial charge in [0, 0.05) is 6.42 Å². The number of hydrogen-bond donors (Lipinski definition) is 4. The Morgan fingerprint density at radius 3 is 1.40 bits per heavy atom. The molecule has 0 aromatic carbocycles. The molecule has 0 saturated carbocycles. The zero-order valence-electron chi connectivity index (χ0n) is 8.84. The standard InChI is InChI=1S/C5H6O5.CH2O3.K.H/c6-3(5(9)10)1-2-4(7)8;2-1(3)4;;/h1-2H2,(H,7,8)(H,9,10);(H2,2,3,4);;/q;;+1;-1. The summed E-state index contributed by atoms with van der Waals surface area (Å²) in [4.78, 5) is 38.3. The van der Waals surface area contributed by atoms with E-state index in [0.29, 0.717) is 0 Å². The third-order valence-electron chi connectivity index (χ3n) is 0.804. The SMILES string of the molecule is O=C(O)CCC(=O)C(=O)O.O=C(O)O.[H-].[K+]. The van der Waals surface area contributed by atoms with E-state index in [9.17, 15) is 14.4 Å². The van der Waals surface area contributed by atoms with Crippen LogP contribution in [-0.2, 0) is 14.4 Å². The molecule has 0 fully saturated rings. The second-order valence-corrected chi connectivity index (χ2v) is 1.90. The average molecular weight is 248 g/mol. The largest absolute Gasteiger partial charge is 1.00 e. The minimum atomic E-state index is -1.83. The second-order valence-electron chi connectivity index (χ2n) is 1.90. The molecule has 9 heteroatoms. The van der Waals surface area contributed by atoms with E-state index in [1.54, 1.807) is 0 Å². The minimum absolute atomic E-state index is 0. The molecule has 0 bridgehead atoms. The van der Waals surface area contributed by atoms with Gasteiger partial charge in [0.1, 0.15) is 0 Å². The fourth-order valence-electron chi connectivity index (χ4n) is 0.327. The summed E-state index contributed by atoms with van der Waals surface area (Å²) in [5.41, 5.74) is 0. The number of aliphatic carboxylic acids is 2. The number of rotatable bonds is 4. The van der Waals surface area contributed by atoms with E-state index in [4.69, 9.17) is 25.2 Å². The topological polar surface area (TPSA) is 149 Å². The number of carboxylic acid groups (broad SMARTS) is 4. The Labute approximate surface area is 128 Å². The monoisotopic (exact) mass is 248 g/mol. The van der Waals surface area contributed by atoms with Crippen molar-refractivity contribution in [3.05, 3.63) is 0 Å². The molecule has 0 aliphatic carbocycles. The summed E-state index contributed by atoms with van der Waals surface area (Å²) < 4.78 is 0. The predicted molar refractivity (Wildman–Crippen MR) is 41.3 cm³/mol. The summed E-state index contributed by atoms with van der Waals surface area (Å²) in [7, 11) is 0. The van der Waals surface area contributed by atoms with Gasteiger partial charge < -0.3 is 21.9 Å². The van der Waals surface area contributed by atoms with E-state index < -0.39 is 36.7 Å². The Kier molecular flexibility index (Phi) is 15.5. The molecule has 82 valence electrons. The van der Waals surface area contributed by atoms with Crippen LogP contribution in [0.25, 0.3) is 0 Å². The Balaban J connectivity index is -0.000000105. The maximum atomic E-state index is 10.2. The van der Waals surface area contributed by atoms with Crippen molar-refractivity contribution in [3.63, 3.8) is 0 Å². The molecule has 0 aliphatic rings. The van der Waals surface area contributed by atoms with Gasteiger partial charge >= 0.3 is 69.5 Å². The van der Waals surface area contributed by atoms with E-state index in [1.165, 1.54) is 0 Å². The van der Waals surface area contributed by atoms with E-state index >= 15 is 0 Å². The normalized spacial score (nSPS) is 7.47. The summed E-state index contributed by atoms with van der Waals surface area (Å²) >= 11 is 0. The van der Waals surface area contributed by atoms with Gasteiger partial charge in [0.15, 0.2) is 0 Å². The second kappa shape index (κ2) is 11.6. The van der Waals surface area contributed by atoms with Gasteiger partial charge in [-0.2, -0.15) is 0 Å². The van der Waals surface area contributed by atoms with Gasteiger partial charge in [0.25, 0.3) is 0 Å². The smallest absolute Gasteiger partial charge is 1.00 e. The van der Waals surface area contributed by atoms with Crippen LogP contribution >= 0.6 is 0 Å². The van der Waals surface area contributed by atoms with Crippen LogP contribution < -0.4 is 51.4 Å². The van der Waals surface area contributed by atoms with Gasteiger partial charge in [-0.05, 0) is 0 Å². The number of carbonyl (C=O) groups is 4. The molecule has 8 nitrogen and oxygen atoms in total. The van der Waals surface area contributed by atoms with Gasteiger partial charge in [0.05, 0.1) is 6.42 Å². The Morgan fingerprint density at radius 1 is 0.867 bits per heavy atom. The number of carbonyl (C=O) groups excluding carboxylic acids is 1. The first-order valence-electron chi connectivity index (χ1n) is 3.17. The Morgan fingerprint density at radius 2 is 1.20 bits per heavy atom. The van der Waals surface area contributed by atoms with Crippen LogP contribution in [0.2, 0.25) is 0 Å². The number of Topliss-reactive ketones (excluding diaryl/α,β-unsaturated/α-hetero) is 1. The van der Waals surface area contributed by atoms with Crippen LogP contribution in [0.4, 0.5) is 4.79 Å². The van der Waals surface area contributed by atoms with Crippen molar-refractivity contribution < 1.29 is 92.4 Å². The molecule has 0 heterocycles. The van der Waals surface area contributed by atoms with Crippen LogP contribution in [0.15, 0.2) is 0 Å². The molecule has 0 unspecified atom stereocenters. The van der Waals surface area contributed by atoms with Crippen LogP contribution in [-0.4, -0.2) is 44.3 Å². The van der Waals surface area contributed by atoms with Crippen molar-refractivity contribution in [1.82, 2.24) is 0 Å². The summed E-state index contributed by atoms with van der Waals surface area (Å²) in [6.45, 7) is 0. The molecule has 0 radical (unpaired) electrons. The maximum absolute atomic E-state index is 10.2. The molecule has 0 saturated heterocycles. The molecule has 0 spiro atoms.